The van der Waals surface area contributed by atoms with E-state index >= 15 is 0 Å². The summed E-state index contributed by atoms with van der Waals surface area (Å²) in [7, 11) is 0. The predicted molar refractivity (Wildman–Crippen MR) is 118 cm³/mol. The van der Waals surface area contributed by atoms with Crippen molar-refractivity contribution in [1.82, 2.24) is 9.99 Å². The Morgan fingerprint density at radius 1 is 1.10 bits per heavy atom. The Morgan fingerprint density at radius 3 is 2.52 bits per heavy atom. The van der Waals surface area contributed by atoms with Gasteiger partial charge in [-0.25, -0.2) is 5.43 Å². The van der Waals surface area contributed by atoms with Crippen molar-refractivity contribution in [3.63, 3.8) is 0 Å². The summed E-state index contributed by atoms with van der Waals surface area (Å²) in [6.45, 7) is 5.90. The maximum Gasteiger partial charge on any atom is 0.277 e. The molecule has 3 rings (SSSR count). The van der Waals surface area contributed by atoms with Crippen molar-refractivity contribution >= 4 is 35.3 Å². The molecule has 1 heterocycles. The van der Waals surface area contributed by atoms with E-state index in [1.807, 2.05) is 19.9 Å². The number of hydrogen-bond donors (Lipinski definition) is 1. The lowest BCUT2D eigenvalue weighted by molar-refractivity contribution is -0.123. The summed E-state index contributed by atoms with van der Waals surface area (Å²) >= 11 is 11.9. The molecule has 1 amide bonds. The molecule has 3 aromatic rings. The second-order valence-electron chi connectivity index (χ2n) is 6.65. The van der Waals surface area contributed by atoms with Gasteiger partial charge in [0.05, 0.1) is 11.2 Å². The quantitative estimate of drug-likeness (QED) is 0.430. The maximum atomic E-state index is 12.0. The van der Waals surface area contributed by atoms with Crippen LogP contribution in [0.2, 0.25) is 10.0 Å². The smallest absolute Gasteiger partial charge is 0.277 e. The number of benzene rings is 2. The number of nitrogens with zero attached hydrogens (tertiary/aromatic N) is 2. The summed E-state index contributed by atoms with van der Waals surface area (Å²) in [5, 5.41) is 4.89. The topological polar surface area (TPSA) is 55.6 Å². The fourth-order valence-electron chi connectivity index (χ4n) is 2.95. The first-order valence-electron chi connectivity index (χ1n) is 9.01. The molecule has 0 aliphatic carbocycles. The van der Waals surface area contributed by atoms with Crippen LogP contribution in [0.3, 0.4) is 0 Å². The summed E-state index contributed by atoms with van der Waals surface area (Å²) < 4.78 is 7.54. The van der Waals surface area contributed by atoms with Gasteiger partial charge in [0, 0.05) is 27.7 Å². The molecule has 0 atom stereocenters. The van der Waals surface area contributed by atoms with Crippen molar-refractivity contribution < 1.29 is 9.53 Å². The minimum absolute atomic E-state index is 0.207. The van der Waals surface area contributed by atoms with E-state index in [9.17, 15) is 4.79 Å². The van der Waals surface area contributed by atoms with Crippen LogP contribution >= 0.6 is 23.2 Å². The van der Waals surface area contributed by atoms with Crippen LogP contribution in [0.5, 0.6) is 5.75 Å². The van der Waals surface area contributed by atoms with E-state index < -0.39 is 0 Å². The molecule has 0 radical (unpaired) electrons. The van der Waals surface area contributed by atoms with Gasteiger partial charge < -0.3 is 9.30 Å². The summed E-state index contributed by atoms with van der Waals surface area (Å²) in [5.74, 6) is -0.00329. The Kier molecular flexibility index (Phi) is 6.62. The van der Waals surface area contributed by atoms with Crippen molar-refractivity contribution in [2.24, 2.45) is 5.10 Å². The van der Waals surface area contributed by atoms with Gasteiger partial charge in [0.1, 0.15) is 5.75 Å². The van der Waals surface area contributed by atoms with Crippen molar-refractivity contribution in [1.29, 1.82) is 0 Å². The highest BCUT2D eigenvalue weighted by Gasteiger charge is 2.10. The molecule has 0 aliphatic rings. The van der Waals surface area contributed by atoms with Crippen LogP contribution in [-0.4, -0.2) is 23.3 Å². The van der Waals surface area contributed by atoms with E-state index in [1.54, 1.807) is 24.4 Å². The number of aromatic nitrogens is 1. The number of carbonyl (C=O) groups is 1. The summed E-state index contributed by atoms with van der Waals surface area (Å²) in [5.41, 5.74) is 7.80. The van der Waals surface area contributed by atoms with E-state index in [-0.39, 0.29) is 12.5 Å². The highest BCUT2D eigenvalue weighted by atomic mass is 35.5. The number of carbonyl (C=O) groups excluding carboxylic acids is 1. The minimum Gasteiger partial charge on any atom is -0.482 e. The van der Waals surface area contributed by atoms with E-state index in [4.69, 9.17) is 27.9 Å². The Hall–Kier alpha value is -2.76. The molecule has 150 valence electrons. The molecule has 7 heteroatoms. The van der Waals surface area contributed by atoms with Crippen LogP contribution < -0.4 is 10.2 Å². The minimum atomic E-state index is -0.389. The molecule has 29 heavy (non-hydrogen) atoms. The highest BCUT2D eigenvalue weighted by molar-refractivity contribution is 6.35. The van der Waals surface area contributed by atoms with E-state index in [0.29, 0.717) is 15.8 Å². The zero-order valence-corrected chi connectivity index (χ0v) is 17.9. The largest absolute Gasteiger partial charge is 0.482 e. The zero-order valence-electron chi connectivity index (χ0n) is 16.4. The summed E-state index contributed by atoms with van der Waals surface area (Å²) in [6.07, 6.45) is 1.63. The lowest BCUT2D eigenvalue weighted by Crippen LogP contribution is -2.24. The molecule has 0 fully saturated rings. The molecular formula is C22H21Cl2N3O2. The number of amides is 1. The summed E-state index contributed by atoms with van der Waals surface area (Å²) in [4.78, 5) is 12.0. The van der Waals surface area contributed by atoms with Gasteiger partial charge in [-0.05, 0) is 57.2 Å². The van der Waals surface area contributed by atoms with Gasteiger partial charge in [-0.2, -0.15) is 5.10 Å². The normalized spacial score (nSPS) is 11.1. The summed E-state index contributed by atoms with van der Waals surface area (Å²) in [6, 6.07) is 15.1. The Bertz CT molecular complexity index is 1060. The molecule has 2 aromatic carbocycles. The molecule has 0 bridgehead atoms. The van der Waals surface area contributed by atoms with Crippen LogP contribution in [0.4, 0.5) is 0 Å². The number of hydrogen-bond acceptors (Lipinski definition) is 3. The average molecular weight is 430 g/mol. The number of halogens is 2. The standard InChI is InChI=1S/C22H21Cl2N3O2/c1-14-4-7-19(8-5-14)27-15(2)10-17(16(27)3)12-25-26-22(28)13-29-21-9-6-18(23)11-20(21)24/h4-12H,13H2,1-3H3,(H,26,28). The van der Waals surface area contributed by atoms with Crippen molar-refractivity contribution in [2.75, 3.05) is 6.61 Å². The predicted octanol–water partition coefficient (Wildman–Crippen LogP) is 5.24. The number of hydrazone groups is 1. The number of ether oxygens (including phenoxy) is 1. The van der Waals surface area contributed by atoms with Crippen molar-refractivity contribution in [2.45, 2.75) is 20.8 Å². The monoisotopic (exact) mass is 429 g/mol. The average Bonchev–Trinajstić information content (AvgIpc) is 2.95. The molecule has 1 aromatic heterocycles. The van der Waals surface area contributed by atoms with Crippen LogP contribution in [0, 0.1) is 20.8 Å². The van der Waals surface area contributed by atoms with Gasteiger partial charge in [0.2, 0.25) is 0 Å². The Labute approximate surface area is 179 Å². The van der Waals surface area contributed by atoms with E-state index in [1.165, 1.54) is 5.56 Å². The number of nitrogens with one attached hydrogen (secondary N) is 1. The van der Waals surface area contributed by atoms with Crippen LogP contribution in [0.1, 0.15) is 22.5 Å². The molecular weight excluding hydrogens is 409 g/mol. The third-order valence-electron chi connectivity index (χ3n) is 4.41. The van der Waals surface area contributed by atoms with Gasteiger partial charge in [-0.1, -0.05) is 40.9 Å². The highest BCUT2D eigenvalue weighted by Crippen LogP contribution is 2.27. The van der Waals surface area contributed by atoms with Gasteiger partial charge in [0.15, 0.2) is 6.61 Å². The van der Waals surface area contributed by atoms with Gasteiger partial charge in [-0.15, -0.1) is 0 Å². The lowest BCUT2D eigenvalue weighted by Gasteiger charge is -2.09. The van der Waals surface area contributed by atoms with E-state index in [2.05, 4.69) is 46.3 Å². The lowest BCUT2D eigenvalue weighted by atomic mass is 10.2. The molecule has 0 spiro atoms. The fourth-order valence-corrected chi connectivity index (χ4v) is 3.41. The molecule has 1 N–H and O–H groups in total. The first-order valence-corrected chi connectivity index (χ1v) is 9.76. The molecule has 0 aliphatic heterocycles. The van der Waals surface area contributed by atoms with Gasteiger partial charge >= 0.3 is 0 Å². The molecule has 0 saturated carbocycles. The molecule has 0 unspecified atom stereocenters. The van der Waals surface area contributed by atoms with Crippen LogP contribution in [0.15, 0.2) is 53.6 Å². The Morgan fingerprint density at radius 2 is 1.83 bits per heavy atom. The SMILES string of the molecule is Cc1ccc(-n2c(C)cc(C=NNC(=O)COc3ccc(Cl)cc3Cl)c2C)cc1. The first-order chi connectivity index (χ1) is 13.8. The van der Waals surface area contributed by atoms with Gasteiger partial charge in [0.25, 0.3) is 5.91 Å². The molecule has 0 saturated heterocycles. The van der Waals surface area contributed by atoms with Crippen molar-refractivity contribution in [3.05, 3.63) is 81.1 Å². The van der Waals surface area contributed by atoms with Gasteiger partial charge in [-0.3, -0.25) is 4.79 Å². The second-order valence-corrected chi connectivity index (χ2v) is 7.50. The number of aryl methyl sites for hydroxylation is 2. The fraction of sp³-hybridized carbons (Fsp3) is 0.182. The third-order valence-corrected chi connectivity index (χ3v) is 4.94. The Balaban J connectivity index is 1.62. The maximum absolute atomic E-state index is 12.0. The second kappa shape index (κ2) is 9.16. The third kappa shape index (κ3) is 5.19. The number of rotatable bonds is 6. The van der Waals surface area contributed by atoms with Crippen LogP contribution in [0.25, 0.3) is 5.69 Å². The van der Waals surface area contributed by atoms with E-state index in [0.717, 1.165) is 22.6 Å². The zero-order chi connectivity index (χ0) is 21.0. The first kappa shape index (κ1) is 21.0. The van der Waals surface area contributed by atoms with Crippen molar-refractivity contribution in [3.8, 4) is 11.4 Å². The molecule has 5 nitrogen and oxygen atoms in total. The van der Waals surface area contributed by atoms with Crippen LogP contribution in [-0.2, 0) is 4.79 Å².